The molecule has 25 heavy (non-hydrogen) atoms. The van der Waals surface area contributed by atoms with E-state index in [0.29, 0.717) is 11.3 Å². The van der Waals surface area contributed by atoms with Gasteiger partial charge in [0, 0.05) is 18.9 Å². The Morgan fingerprint density at radius 1 is 1.24 bits per heavy atom. The van der Waals surface area contributed by atoms with Crippen LogP contribution in [-0.4, -0.2) is 46.8 Å². The van der Waals surface area contributed by atoms with Crippen molar-refractivity contribution in [2.75, 3.05) is 11.5 Å². The maximum Gasteiger partial charge on any atom is 0.354 e. The van der Waals surface area contributed by atoms with Crippen molar-refractivity contribution in [3.63, 3.8) is 0 Å². The van der Waals surface area contributed by atoms with Gasteiger partial charge < -0.3 is 9.64 Å². The van der Waals surface area contributed by atoms with E-state index in [4.69, 9.17) is 4.74 Å². The monoisotopic (exact) mass is 342 g/mol. The molecule has 2 aliphatic heterocycles. The summed E-state index contributed by atoms with van der Waals surface area (Å²) in [5, 5.41) is 0. The molecule has 0 unspecified atom stereocenters. The third-order valence-corrected chi connectivity index (χ3v) is 4.94. The summed E-state index contributed by atoms with van der Waals surface area (Å²) in [6.07, 6.45) is 1.91. The molecule has 1 aromatic rings. The fourth-order valence-corrected chi connectivity index (χ4v) is 3.80. The summed E-state index contributed by atoms with van der Waals surface area (Å²) in [7, 11) is 0. The van der Waals surface area contributed by atoms with E-state index in [9.17, 15) is 19.2 Å². The van der Waals surface area contributed by atoms with Gasteiger partial charge in [0.1, 0.15) is 6.61 Å². The molecule has 7 nitrogen and oxygen atoms in total. The van der Waals surface area contributed by atoms with Crippen molar-refractivity contribution < 1.29 is 23.9 Å². The maximum absolute atomic E-state index is 13.1. The molecule has 130 valence electrons. The second-order valence-corrected chi connectivity index (χ2v) is 6.75. The van der Waals surface area contributed by atoms with E-state index in [1.165, 1.54) is 16.7 Å². The fraction of sp³-hybridized carbons (Fsp3) is 0.444. The van der Waals surface area contributed by atoms with Gasteiger partial charge in [-0.2, -0.15) is 0 Å². The van der Waals surface area contributed by atoms with Crippen molar-refractivity contribution >= 4 is 29.3 Å². The molecule has 4 rings (SSSR count). The predicted molar refractivity (Wildman–Crippen MR) is 86.7 cm³/mol. The first kappa shape index (κ1) is 15.8. The SMILES string of the molecule is CC(=O)COC(=O)[C@@]12CCC(=O)N1c1ccccc1C(=O)N2C1CC1. The number of esters is 1. The van der Waals surface area contributed by atoms with Gasteiger partial charge in [-0.05, 0) is 31.9 Å². The largest absolute Gasteiger partial charge is 0.455 e. The Morgan fingerprint density at radius 2 is 1.96 bits per heavy atom. The first-order valence-corrected chi connectivity index (χ1v) is 8.39. The average Bonchev–Trinajstić information content (AvgIpc) is 3.36. The van der Waals surface area contributed by atoms with Gasteiger partial charge in [0.25, 0.3) is 5.91 Å². The topological polar surface area (TPSA) is 84.0 Å². The van der Waals surface area contributed by atoms with Crippen molar-refractivity contribution in [3.8, 4) is 0 Å². The van der Waals surface area contributed by atoms with E-state index in [1.54, 1.807) is 24.3 Å². The molecule has 2 amide bonds. The Bertz CT molecular complexity index is 800. The normalized spacial score (nSPS) is 24.8. The van der Waals surface area contributed by atoms with Crippen LogP contribution in [0.1, 0.15) is 43.0 Å². The molecular weight excluding hydrogens is 324 g/mol. The van der Waals surface area contributed by atoms with Crippen molar-refractivity contribution in [1.29, 1.82) is 0 Å². The molecule has 0 N–H and O–H groups in total. The van der Waals surface area contributed by atoms with E-state index in [2.05, 4.69) is 0 Å². The molecule has 0 bridgehead atoms. The summed E-state index contributed by atoms with van der Waals surface area (Å²) >= 11 is 0. The summed E-state index contributed by atoms with van der Waals surface area (Å²) in [6, 6.07) is 6.73. The van der Waals surface area contributed by atoms with Crippen LogP contribution in [0.4, 0.5) is 5.69 Å². The van der Waals surface area contributed by atoms with E-state index in [1.807, 2.05) is 0 Å². The lowest BCUT2D eigenvalue weighted by Crippen LogP contribution is -2.69. The van der Waals surface area contributed by atoms with Crippen molar-refractivity contribution in [2.45, 2.75) is 44.3 Å². The van der Waals surface area contributed by atoms with Gasteiger partial charge in [0.05, 0.1) is 11.3 Å². The number of fused-ring (bicyclic) bond motifs is 3. The van der Waals surface area contributed by atoms with Crippen molar-refractivity contribution in [1.82, 2.24) is 4.90 Å². The summed E-state index contributed by atoms with van der Waals surface area (Å²) in [5.74, 6) is -1.47. The summed E-state index contributed by atoms with van der Waals surface area (Å²) in [4.78, 5) is 52.9. The van der Waals surface area contributed by atoms with Gasteiger partial charge in [-0.25, -0.2) is 4.79 Å². The summed E-state index contributed by atoms with van der Waals surface area (Å²) in [6.45, 7) is 0.958. The minimum Gasteiger partial charge on any atom is -0.455 e. The van der Waals surface area contributed by atoms with Crippen LogP contribution in [0.25, 0.3) is 0 Å². The number of ether oxygens (including phenoxy) is 1. The van der Waals surface area contributed by atoms with Crippen LogP contribution in [0, 0.1) is 0 Å². The average molecular weight is 342 g/mol. The molecule has 1 aliphatic carbocycles. The highest BCUT2D eigenvalue weighted by Crippen LogP contribution is 2.49. The Kier molecular flexibility index (Phi) is 3.42. The quantitative estimate of drug-likeness (QED) is 0.769. The number of carbonyl (C=O) groups is 4. The number of rotatable bonds is 4. The zero-order valence-electron chi connectivity index (χ0n) is 13.9. The molecule has 1 aromatic carbocycles. The molecule has 1 saturated carbocycles. The van der Waals surface area contributed by atoms with Crippen molar-refractivity contribution in [2.24, 2.45) is 0 Å². The Morgan fingerprint density at radius 3 is 2.64 bits per heavy atom. The van der Waals surface area contributed by atoms with E-state index in [0.717, 1.165) is 12.8 Å². The molecular formula is C18H18N2O5. The zero-order chi connectivity index (χ0) is 17.8. The van der Waals surface area contributed by atoms with E-state index in [-0.39, 0.29) is 43.1 Å². The van der Waals surface area contributed by atoms with Gasteiger partial charge in [0.15, 0.2) is 5.78 Å². The fourth-order valence-electron chi connectivity index (χ4n) is 3.80. The minimum atomic E-state index is -1.47. The first-order chi connectivity index (χ1) is 12.0. The molecule has 0 radical (unpaired) electrons. The number of Topliss-reactive ketones (excluding diaryl/α,β-unsaturated/α-hetero) is 1. The summed E-state index contributed by atoms with van der Waals surface area (Å²) in [5.41, 5.74) is -0.620. The van der Waals surface area contributed by atoms with Gasteiger partial charge in [-0.3, -0.25) is 19.3 Å². The Hall–Kier alpha value is -2.70. The molecule has 0 aromatic heterocycles. The summed E-state index contributed by atoms with van der Waals surface area (Å²) < 4.78 is 5.19. The van der Waals surface area contributed by atoms with Crippen LogP contribution in [-0.2, 0) is 19.1 Å². The molecule has 1 atom stereocenters. The third kappa shape index (κ3) is 2.18. The second kappa shape index (κ2) is 5.40. The highest BCUT2D eigenvalue weighted by Gasteiger charge is 2.64. The Labute approximate surface area is 144 Å². The number of hydrogen-bond donors (Lipinski definition) is 0. The zero-order valence-corrected chi connectivity index (χ0v) is 13.9. The number of nitrogens with zero attached hydrogens (tertiary/aromatic N) is 2. The number of carbonyl (C=O) groups excluding carboxylic acids is 4. The smallest absolute Gasteiger partial charge is 0.354 e. The van der Waals surface area contributed by atoms with E-state index < -0.39 is 11.6 Å². The van der Waals surface area contributed by atoms with Crippen LogP contribution in [0.15, 0.2) is 24.3 Å². The van der Waals surface area contributed by atoms with Crippen LogP contribution >= 0.6 is 0 Å². The lowest BCUT2D eigenvalue weighted by molar-refractivity contribution is -0.159. The number of hydrogen-bond acceptors (Lipinski definition) is 5. The number of para-hydroxylation sites is 1. The maximum atomic E-state index is 13.1. The van der Waals surface area contributed by atoms with Crippen LogP contribution in [0.5, 0.6) is 0 Å². The van der Waals surface area contributed by atoms with Crippen molar-refractivity contribution in [3.05, 3.63) is 29.8 Å². The van der Waals surface area contributed by atoms with E-state index >= 15 is 0 Å². The molecule has 3 aliphatic rings. The highest BCUT2D eigenvalue weighted by atomic mass is 16.5. The molecule has 7 heteroatoms. The lowest BCUT2D eigenvalue weighted by Gasteiger charge is -2.48. The van der Waals surface area contributed by atoms with Crippen LogP contribution in [0.2, 0.25) is 0 Å². The van der Waals surface area contributed by atoms with Gasteiger partial charge in [-0.1, -0.05) is 12.1 Å². The Balaban J connectivity index is 1.86. The number of benzene rings is 1. The van der Waals surface area contributed by atoms with Gasteiger partial charge in [-0.15, -0.1) is 0 Å². The molecule has 0 spiro atoms. The number of ketones is 1. The lowest BCUT2D eigenvalue weighted by atomic mass is 9.96. The second-order valence-electron chi connectivity index (χ2n) is 6.75. The van der Waals surface area contributed by atoms with Crippen LogP contribution < -0.4 is 4.90 Å². The predicted octanol–water partition coefficient (Wildman–Crippen LogP) is 1.26. The molecule has 1 saturated heterocycles. The van der Waals surface area contributed by atoms with Crippen LogP contribution in [0.3, 0.4) is 0 Å². The standard InChI is InChI=1S/C18H18N2O5/c1-11(21)10-25-17(24)18-9-8-15(22)20(18)14-5-3-2-4-13(14)16(23)19(18)12-6-7-12/h2-5,12H,6-10H2,1H3/t18-/m1/s1. The number of amides is 2. The molecule has 2 heterocycles. The van der Waals surface area contributed by atoms with Gasteiger partial charge >= 0.3 is 5.97 Å². The molecule has 2 fully saturated rings. The highest BCUT2D eigenvalue weighted by molar-refractivity contribution is 6.15. The first-order valence-electron chi connectivity index (χ1n) is 8.39. The number of anilines is 1. The third-order valence-electron chi connectivity index (χ3n) is 4.94. The minimum absolute atomic E-state index is 0.0841. The van der Waals surface area contributed by atoms with Gasteiger partial charge in [0.2, 0.25) is 11.6 Å².